The molecular weight excluding hydrogens is 434 g/mol. The van der Waals surface area contributed by atoms with Crippen molar-refractivity contribution < 1.29 is 23.9 Å². The molecule has 34 heavy (non-hydrogen) atoms. The van der Waals surface area contributed by atoms with Gasteiger partial charge in [0.05, 0.1) is 29.7 Å². The quantitative estimate of drug-likeness (QED) is 0.364. The van der Waals surface area contributed by atoms with Gasteiger partial charge in [0.25, 0.3) is 0 Å². The first-order valence-electron chi connectivity index (χ1n) is 10.7. The number of hydrogen-bond donors (Lipinski definition) is 1. The van der Waals surface area contributed by atoms with Crippen LogP contribution >= 0.6 is 0 Å². The van der Waals surface area contributed by atoms with Crippen LogP contribution in [0.2, 0.25) is 0 Å². The van der Waals surface area contributed by atoms with Crippen molar-refractivity contribution in [2.45, 2.75) is 19.1 Å². The topological polar surface area (TPSA) is 103 Å². The molecule has 0 saturated carbocycles. The number of Topliss-reactive ketones (excluding diaryl/α,β-unsaturated/α-hetero) is 1. The fourth-order valence-corrected chi connectivity index (χ4v) is 4.33. The van der Waals surface area contributed by atoms with Crippen LogP contribution in [0.25, 0.3) is 22.2 Å². The van der Waals surface area contributed by atoms with E-state index in [2.05, 4.69) is 9.97 Å². The molecule has 0 aliphatic carbocycles. The molecule has 1 N–H and O–H groups in total. The monoisotopic (exact) mass is 455 g/mol. The molecule has 5 rings (SSSR count). The third kappa shape index (κ3) is 3.49. The number of cyclic esters (lactones) is 2. The summed E-state index contributed by atoms with van der Waals surface area (Å²) >= 11 is 0. The fraction of sp³-hybridized carbons (Fsp3) is 0.154. The second kappa shape index (κ2) is 8.15. The molecule has 0 radical (unpaired) electrons. The molecule has 0 bridgehead atoms. The zero-order valence-corrected chi connectivity index (χ0v) is 18.6. The molecule has 0 unspecified atom stereocenters. The number of esters is 2. The van der Waals surface area contributed by atoms with Crippen molar-refractivity contribution in [3.8, 4) is 11.3 Å². The van der Waals surface area contributed by atoms with Crippen molar-refractivity contribution in [3.63, 3.8) is 0 Å². The zero-order valence-electron chi connectivity index (χ0n) is 18.6. The molecule has 2 aromatic heterocycles. The van der Waals surface area contributed by atoms with Crippen LogP contribution < -0.4 is 0 Å². The zero-order chi connectivity index (χ0) is 23.9. The minimum Gasteiger partial charge on any atom is -0.411 e. The second-order valence-corrected chi connectivity index (χ2v) is 8.07. The van der Waals surface area contributed by atoms with Gasteiger partial charge in [0.15, 0.2) is 0 Å². The predicted molar refractivity (Wildman–Crippen MR) is 124 cm³/mol. The molecule has 8 nitrogen and oxygen atoms in total. The highest BCUT2D eigenvalue weighted by Crippen LogP contribution is 2.38. The molecule has 1 aliphatic heterocycles. The van der Waals surface area contributed by atoms with Crippen molar-refractivity contribution in [2.75, 3.05) is 0 Å². The molecule has 0 atom stereocenters. The summed E-state index contributed by atoms with van der Waals surface area (Å²) in [6, 6.07) is 16.8. The molecule has 0 fully saturated rings. The summed E-state index contributed by atoms with van der Waals surface area (Å²) in [4.78, 5) is 46.6. The number of carbonyl (C=O) groups is 3. The van der Waals surface area contributed by atoms with Crippen LogP contribution in [0.1, 0.15) is 21.7 Å². The van der Waals surface area contributed by atoms with Gasteiger partial charge in [-0.3, -0.25) is 4.79 Å². The van der Waals surface area contributed by atoms with Gasteiger partial charge in [-0.05, 0) is 18.6 Å². The maximum absolute atomic E-state index is 14.4. The molecule has 3 heterocycles. The second-order valence-electron chi connectivity index (χ2n) is 8.07. The lowest BCUT2D eigenvalue weighted by molar-refractivity contribution is -0.201. The molecule has 4 aromatic rings. The normalized spacial score (nSPS) is 15.1. The highest BCUT2D eigenvalue weighted by molar-refractivity contribution is 6.17. The van der Waals surface area contributed by atoms with Gasteiger partial charge in [-0.1, -0.05) is 48.5 Å². The number of rotatable bonds is 5. The van der Waals surface area contributed by atoms with E-state index in [9.17, 15) is 14.4 Å². The molecular formula is C26H21N3O5. The number of carbonyl (C=O) groups excluding carboxylic acids is 3. The van der Waals surface area contributed by atoms with Crippen LogP contribution in [-0.4, -0.2) is 38.0 Å². The lowest BCUT2D eigenvalue weighted by Crippen LogP contribution is -2.48. The molecule has 0 saturated heterocycles. The van der Waals surface area contributed by atoms with Gasteiger partial charge in [0, 0.05) is 35.8 Å². The van der Waals surface area contributed by atoms with Crippen molar-refractivity contribution in [2.24, 2.45) is 7.05 Å². The van der Waals surface area contributed by atoms with Gasteiger partial charge in [-0.15, -0.1) is 0 Å². The summed E-state index contributed by atoms with van der Waals surface area (Å²) in [6.07, 6.45) is 3.14. The summed E-state index contributed by atoms with van der Waals surface area (Å²) in [7, 11) is 1.86. The molecule has 170 valence electrons. The molecule has 0 spiro atoms. The minimum absolute atomic E-state index is 0.238. The smallest absolute Gasteiger partial charge is 0.334 e. The number of hydrogen-bond acceptors (Lipinski definition) is 6. The highest BCUT2D eigenvalue weighted by atomic mass is 16.7. The van der Waals surface area contributed by atoms with Gasteiger partial charge < -0.3 is 19.0 Å². The van der Waals surface area contributed by atoms with Gasteiger partial charge in [-0.25, -0.2) is 14.6 Å². The highest BCUT2D eigenvalue weighted by Gasteiger charge is 2.50. The van der Waals surface area contributed by atoms with Gasteiger partial charge in [-0.2, -0.15) is 0 Å². The first-order chi connectivity index (χ1) is 16.4. The van der Waals surface area contributed by atoms with E-state index in [1.54, 1.807) is 6.92 Å². The Morgan fingerprint density at radius 2 is 1.65 bits per heavy atom. The van der Waals surface area contributed by atoms with E-state index in [1.165, 1.54) is 6.33 Å². The average Bonchev–Trinajstić information content (AvgIpc) is 3.32. The number of para-hydroxylation sites is 1. The lowest BCUT2D eigenvalue weighted by Gasteiger charge is -2.29. The number of aryl methyl sites for hydroxylation is 2. The van der Waals surface area contributed by atoms with E-state index < -0.39 is 23.5 Å². The van der Waals surface area contributed by atoms with Crippen LogP contribution in [0.4, 0.5) is 0 Å². The first kappa shape index (κ1) is 21.4. The fourth-order valence-electron chi connectivity index (χ4n) is 4.33. The van der Waals surface area contributed by atoms with Crippen molar-refractivity contribution >= 4 is 28.6 Å². The Hall–Kier alpha value is -4.46. The molecule has 1 aliphatic rings. The standard InChI is InChI=1S/C26H21N3O5/c1-16-19(28-15-27-16)14-26(33-21(30)12-13-22(31)34-26)25(32)23-18-10-6-7-11-20(18)29(2)24(23)17-8-4-3-5-9-17/h3-13,15H,14H2,1-2H3,(H,27,28). The van der Waals surface area contributed by atoms with E-state index in [1.807, 2.05) is 66.2 Å². The number of fused-ring (bicyclic) bond motifs is 1. The average molecular weight is 455 g/mol. The summed E-state index contributed by atoms with van der Waals surface area (Å²) in [5, 5.41) is 0.649. The maximum atomic E-state index is 14.4. The van der Waals surface area contributed by atoms with Crippen molar-refractivity contribution in [3.05, 3.63) is 90.0 Å². The van der Waals surface area contributed by atoms with Gasteiger partial charge in [0.2, 0.25) is 5.78 Å². The summed E-state index contributed by atoms with van der Waals surface area (Å²) < 4.78 is 13.1. The predicted octanol–water partition coefficient (Wildman–Crippen LogP) is 3.65. The molecule has 2 aromatic carbocycles. The number of nitrogens with one attached hydrogen (secondary N) is 1. The van der Waals surface area contributed by atoms with E-state index in [-0.39, 0.29) is 6.42 Å². The number of ether oxygens (including phenoxy) is 2. The Labute approximate surface area is 194 Å². The van der Waals surface area contributed by atoms with Crippen LogP contribution in [0.3, 0.4) is 0 Å². The number of aromatic nitrogens is 3. The lowest BCUT2D eigenvalue weighted by atomic mass is 9.93. The Balaban J connectivity index is 1.77. The van der Waals surface area contributed by atoms with E-state index in [0.717, 1.165) is 23.2 Å². The number of aromatic amines is 1. The Morgan fingerprint density at radius 3 is 2.29 bits per heavy atom. The van der Waals surface area contributed by atoms with Crippen LogP contribution in [-0.2, 0) is 32.5 Å². The SMILES string of the molecule is Cc1[nH]cnc1CC1(C(=O)c2c(-c3ccccc3)n(C)c3ccccc23)OC(=O)C=CC(=O)O1. The van der Waals surface area contributed by atoms with Crippen LogP contribution in [0.15, 0.2) is 73.1 Å². The number of ketones is 1. The maximum Gasteiger partial charge on any atom is 0.334 e. The third-order valence-corrected chi connectivity index (χ3v) is 5.95. The molecule has 8 heteroatoms. The first-order valence-corrected chi connectivity index (χ1v) is 10.7. The summed E-state index contributed by atoms with van der Waals surface area (Å²) in [5.74, 6) is -4.58. The molecule has 0 amide bonds. The summed E-state index contributed by atoms with van der Waals surface area (Å²) in [5.41, 5.74) is 3.62. The van der Waals surface area contributed by atoms with Crippen molar-refractivity contribution in [1.29, 1.82) is 0 Å². The minimum atomic E-state index is -2.23. The van der Waals surface area contributed by atoms with E-state index >= 15 is 0 Å². The summed E-state index contributed by atoms with van der Waals surface area (Å²) in [6.45, 7) is 1.77. The largest absolute Gasteiger partial charge is 0.411 e. The number of imidazole rings is 1. The van der Waals surface area contributed by atoms with Gasteiger partial charge >= 0.3 is 17.7 Å². The van der Waals surface area contributed by atoms with Gasteiger partial charge in [0.1, 0.15) is 0 Å². The Bertz CT molecular complexity index is 1440. The van der Waals surface area contributed by atoms with Crippen LogP contribution in [0, 0.1) is 6.92 Å². The Kier molecular flexibility index (Phi) is 5.13. The number of H-pyrrole nitrogens is 1. The third-order valence-electron chi connectivity index (χ3n) is 5.95. The van der Waals surface area contributed by atoms with E-state index in [0.29, 0.717) is 28.0 Å². The van der Waals surface area contributed by atoms with Crippen molar-refractivity contribution in [1.82, 2.24) is 14.5 Å². The number of nitrogens with zero attached hydrogens (tertiary/aromatic N) is 2. The van der Waals surface area contributed by atoms with E-state index in [4.69, 9.17) is 9.47 Å². The number of benzene rings is 2. The Morgan fingerprint density at radius 1 is 1.00 bits per heavy atom. The van der Waals surface area contributed by atoms with Crippen LogP contribution in [0.5, 0.6) is 0 Å².